The summed E-state index contributed by atoms with van der Waals surface area (Å²) in [5, 5.41) is 6.20. The summed E-state index contributed by atoms with van der Waals surface area (Å²) in [4.78, 5) is 22.7. The van der Waals surface area contributed by atoms with Crippen molar-refractivity contribution in [3.05, 3.63) is 77.4 Å². The van der Waals surface area contributed by atoms with Crippen LogP contribution in [0, 0.1) is 6.92 Å². The first-order valence-electron chi connectivity index (χ1n) is 10.5. The highest BCUT2D eigenvalue weighted by atomic mass is 35.5. The molecule has 0 unspecified atom stereocenters. The second-order valence-corrected chi connectivity index (χ2v) is 7.73. The molecule has 0 radical (unpaired) electrons. The lowest BCUT2D eigenvalue weighted by molar-refractivity contribution is 0.0949. The zero-order chi connectivity index (χ0) is 22.5. The maximum absolute atomic E-state index is 12.6. The third-order valence-electron chi connectivity index (χ3n) is 5.62. The van der Waals surface area contributed by atoms with E-state index in [4.69, 9.17) is 0 Å². The number of benzene rings is 1. The van der Waals surface area contributed by atoms with Crippen LogP contribution in [0.5, 0.6) is 0 Å². The van der Waals surface area contributed by atoms with Gasteiger partial charge in [0.1, 0.15) is 5.69 Å². The third kappa shape index (κ3) is 5.83. The number of aryl methyl sites for hydroxylation is 1. The topological polar surface area (TPSA) is 70.2 Å². The molecule has 1 aliphatic heterocycles. The predicted octanol–water partition coefficient (Wildman–Crippen LogP) is 4.15. The zero-order valence-electron chi connectivity index (χ0n) is 18.2. The van der Waals surface area contributed by atoms with Crippen LogP contribution in [0.2, 0.25) is 0 Å². The molecule has 1 aromatic carbocycles. The minimum atomic E-state index is -2.65. The SMILES string of the molecule is Cc1cc(-c2ccncc2N2CCNCC2)ccc1CNC(=O)c1ccc(C(F)F)nc1.Cl. The molecule has 33 heavy (non-hydrogen) atoms. The standard InChI is InChI=1S/C24H25F2N5O.ClH/c1-16-12-17(20-6-7-28-15-22(20)31-10-8-27-9-11-31)2-3-18(16)13-30-24(32)19-4-5-21(23(25)26)29-14-19;/h2-7,12,14-15,23,27H,8-11,13H2,1H3,(H,30,32);1H. The zero-order valence-corrected chi connectivity index (χ0v) is 19.0. The highest BCUT2D eigenvalue weighted by molar-refractivity contribution is 5.93. The first kappa shape index (κ1) is 24.5. The number of nitrogens with zero attached hydrogens (tertiary/aromatic N) is 3. The van der Waals surface area contributed by atoms with E-state index in [1.165, 1.54) is 18.3 Å². The number of piperazine rings is 1. The molecule has 0 saturated carbocycles. The number of nitrogens with one attached hydrogen (secondary N) is 2. The lowest BCUT2D eigenvalue weighted by Crippen LogP contribution is -2.43. The number of aromatic nitrogens is 2. The molecule has 0 aliphatic carbocycles. The molecule has 2 aromatic heterocycles. The van der Waals surface area contributed by atoms with E-state index in [0.29, 0.717) is 6.54 Å². The molecular formula is C24H26ClF2N5O. The Bertz CT molecular complexity index is 1090. The molecule has 0 bridgehead atoms. The summed E-state index contributed by atoms with van der Waals surface area (Å²) in [6, 6.07) is 10.7. The molecule has 3 heterocycles. The van der Waals surface area contributed by atoms with Gasteiger partial charge in [0.25, 0.3) is 12.3 Å². The molecular weight excluding hydrogens is 448 g/mol. The van der Waals surface area contributed by atoms with Crippen molar-refractivity contribution in [1.82, 2.24) is 20.6 Å². The smallest absolute Gasteiger partial charge is 0.280 e. The molecule has 1 amide bonds. The molecule has 4 rings (SSSR count). The Morgan fingerprint density at radius 1 is 1.15 bits per heavy atom. The number of hydrogen-bond acceptors (Lipinski definition) is 5. The molecule has 174 valence electrons. The first-order chi connectivity index (χ1) is 15.5. The monoisotopic (exact) mass is 473 g/mol. The van der Waals surface area contributed by atoms with Crippen LogP contribution in [-0.4, -0.2) is 42.1 Å². The van der Waals surface area contributed by atoms with E-state index in [9.17, 15) is 13.6 Å². The van der Waals surface area contributed by atoms with E-state index in [2.05, 4.69) is 37.6 Å². The van der Waals surface area contributed by atoms with Gasteiger partial charge in [-0.25, -0.2) is 8.78 Å². The lowest BCUT2D eigenvalue weighted by atomic mass is 9.99. The van der Waals surface area contributed by atoms with Crippen LogP contribution in [-0.2, 0) is 6.54 Å². The van der Waals surface area contributed by atoms with Crippen LogP contribution < -0.4 is 15.5 Å². The molecule has 1 fully saturated rings. The second-order valence-electron chi connectivity index (χ2n) is 7.73. The third-order valence-corrected chi connectivity index (χ3v) is 5.62. The summed E-state index contributed by atoms with van der Waals surface area (Å²) in [7, 11) is 0. The van der Waals surface area contributed by atoms with Gasteiger partial charge in [-0.3, -0.25) is 14.8 Å². The van der Waals surface area contributed by atoms with Gasteiger partial charge >= 0.3 is 0 Å². The largest absolute Gasteiger partial charge is 0.367 e. The van der Waals surface area contributed by atoms with E-state index in [1.54, 1.807) is 6.20 Å². The Labute approximate surface area is 197 Å². The number of amides is 1. The van der Waals surface area contributed by atoms with Crippen molar-refractivity contribution >= 4 is 24.0 Å². The molecule has 1 aliphatic rings. The van der Waals surface area contributed by atoms with Gasteiger partial charge in [0.2, 0.25) is 0 Å². The van der Waals surface area contributed by atoms with E-state index < -0.39 is 6.43 Å². The summed E-state index contributed by atoms with van der Waals surface area (Å²) in [6.07, 6.45) is 2.24. The van der Waals surface area contributed by atoms with Gasteiger partial charge in [-0.15, -0.1) is 12.4 Å². The number of pyridine rings is 2. The predicted molar refractivity (Wildman–Crippen MR) is 127 cm³/mol. The van der Waals surface area contributed by atoms with Crippen molar-refractivity contribution in [2.75, 3.05) is 31.1 Å². The van der Waals surface area contributed by atoms with Gasteiger partial charge in [0.15, 0.2) is 0 Å². The molecule has 3 aromatic rings. The number of halogens is 3. The average Bonchev–Trinajstić information content (AvgIpc) is 2.83. The summed E-state index contributed by atoms with van der Waals surface area (Å²) in [6.45, 7) is 6.13. The number of carbonyl (C=O) groups excluding carboxylic acids is 1. The van der Waals surface area contributed by atoms with Crippen LogP contribution in [0.1, 0.15) is 33.6 Å². The van der Waals surface area contributed by atoms with Gasteiger partial charge in [-0.2, -0.15) is 0 Å². The highest BCUT2D eigenvalue weighted by Crippen LogP contribution is 2.31. The molecule has 9 heteroatoms. The maximum Gasteiger partial charge on any atom is 0.280 e. The van der Waals surface area contributed by atoms with Gasteiger partial charge in [-0.1, -0.05) is 18.2 Å². The van der Waals surface area contributed by atoms with Gasteiger partial charge in [0.05, 0.1) is 17.4 Å². The van der Waals surface area contributed by atoms with Crippen molar-refractivity contribution < 1.29 is 13.6 Å². The van der Waals surface area contributed by atoms with E-state index in [-0.39, 0.29) is 29.6 Å². The average molecular weight is 474 g/mol. The van der Waals surface area contributed by atoms with Crippen LogP contribution >= 0.6 is 12.4 Å². The van der Waals surface area contributed by atoms with Crippen molar-refractivity contribution in [3.63, 3.8) is 0 Å². The van der Waals surface area contributed by atoms with Crippen molar-refractivity contribution in [1.29, 1.82) is 0 Å². The van der Waals surface area contributed by atoms with Crippen LogP contribution in [0.3, 0.4) is 0 Å². The molecule has 6 nitrogen and oxygen atoms in total. The number of anilines is 1. The number of hydrogen-bond donors (Lipinski definition) is 2. The fourth-order valence-electron chi connectivity index (χ4n) is 3.80. The molecule has 1 saturated heterocycles. The molecule has 0 spiro atoms. The van der Waals surface area contributed by atoms with Gasteiger partial charge < -0.3 is 15.5 Å². The Hall–Kier alpha value is -3.10. The number of carbonyl (C=O) groups is 1. The van der Waals surface area contributed by atoms with Gasteiger partial charge in [0, 0.05) is 50.7 Å². The molecule has 0 atom stereocenters. The molecule has 2 N–H and O–H groups in total. The van der Waals surface area contributed by atoms with E-state index in [0.717, 1.165) is 54.1 Å². The van der Waals surface area contributed by atoms with Crippen molar-refractivity contribution in [3.8, 4) is 11.1 Å². The first-order valence-corrected chi connectivity index (χ1v) is 10.5. The Morgan fingerprint density at radius 3 is 2.61 bits per heavy atom. The number of alkyl halides is 2. The van der Waals surface area contributed by atoms with E-state index in [1.807, 2.05) is 25.3 Å². The minimum Gasteiger partial charge on any atom is -0.367 e. The highest BCUT2D eigenvalue weighted by Gasteiger charge is 2.16. The fraction of sp³-hybridized carbons (Fsp3) is 0.292. The van der Waals surface area contributed by atoms with Crippen LogP contribution in [0.25, 0.3) is 11.1 Å². The number of rotatable bonds is 6. The normalized spacial score (nSPS) is 13.5. The Balaban J connectivity index is 0.00000306. The minimum absolute atomic E-state index is 0. The van der Waals surface area contributed by atoms with E-state index >= 15 is 0 Å². The van der Waals surface area contributed by atoms with Crippen LogP contribution in [0.4, 0.5) is 14.5 Å². The lowest BCUT2D eigenvalue weighted by Gasteiger charge is -2.31. The van der Waals surface area contributed by atoms with Crippen LogP contribution in [0.15, 0.2) is 55.0 Å². The summed E-state index contributed by atoms with van der Waals surface area (Å²) >= 11 is 0. The van der Waals surface area contributed by atoms with Crippen molar-refractivity contribution in [2.24, 2.45) is 0 Å². The van der Waals surface area contributed by atoms with Crippen molar-refractivity contribution in [2.45, 2.75) is 19.9 Å². The Morgan fingerprint density at radius 2 is 1.94 bits per heavy atom. The summed E-state index contributed by atoms with van der Waals surface area (Å²) < 4.78 is 25.3. The summed E-state index contributed by atoms with van der Waals surface area (Å²) in [5.74, 6) is -0.350. The quantitative estimate of drug-likeness (QED) is 0.563. The summed E-state index contributed by atoms with van der Waals surface area (Å²) in [5.41, 5.74) is 5.29. The van der Waals surface area contributed by atoms with Gasteiger partial charge in [-0.05, 0) is 41.8 Å². The Kier molecular flexibility index (Phi) is 8.30. The maximum atomic E-state index is 12.6. The fourth-order valence-corrected chi connectivity index (χ4v) is 3.80. The second kappa shape index (κ2) is 11.2.